The number of rotatable bonds is 7. The van der Waals surface area contributed by atoms with E-state index in [-0.39, 0.29) is 21.6 Å². The Bertz CT molecular complexity index is 1310. The monoisotopic (exact) mass is 460 g/mol. The summed E-state index contributed by atoms with van der Waals surface area (Å²) < 4.78 is 12.3. The van der Waals surface area contributed by atoms with Gasteiger partial charge in [0.1, 0.15) is 24.6 Å². The van der Waals surface area contributed by atoms with E-state index in [4.69, 9.17) is 21.1 Å². The lowest BCUT2D eigenvalue weighted by Crippen LogP contribution is -2.44. The number of hydrogen-bond acceptors (Lipinski definition) is 6. The Hall–Kier alpha value is -3.79. The fraction of sp³-hybridized carbons (Fsp3) is 0.238. The van der Waals surface area contributed by atoms with Gasteiger partial charge in [-0.1, -0.05) is 23.7 Å². The lowest BCUT2D eigenvalue weighted by molar-refractivity contribution is -0.121. The first kappa shape index (κ1) is 22.9. The van der Waals surface area contributed by atoms with E-state index in [9.17, 15) is 19.2 Å². The molecule has 0 saturated heterocycles. The molecule has 0 bridgehead atoms. The molecule has 0 aliphatic heterocycles. The number of anilines is 1. The number of methoxy groups -OCH3 is 2. The number of para-hydroxylation sites is 1. The Morgan fingerprint density at radius 3 is 2.28 bits per heavy atom. The summed E-state index contributed by atoms with van der Waals surface area (Å²) in [5, 5.41) is 5.48. The summed E-state index contributed by atoms with van der Waals surface area (Å²) in [6.45, 7) is -0.886. The highest BCUT2D eigenvalue weighted by atomic mass is 35.5. The summed E-state index contributed by atoms with van der Waals surface area (Å²) in [7, 11) is 4.27. The molecule has 0 atom stereocenters. The molecule has 32 heavy (non-hydrogen) atoms. The van der Waals surface area contributed by atoms with Crippen LogP contribution in [0.4, 0.5) is 5.69 Å². The highest BCUT2D eigenvalue weighted by Crippen LogP contribution is 2.35. The predicted octanol–water partition coefficient (Wildman–Crippen LogP) is 1.22. The number of hydrogen-bond donors (Lipinski definition) is 2. The Labute approximate surface area is 187 Å². The molecule has 0 saturated carbocycles. The number of carbonyl (C=O) groups excluding carboxylic acids is 2. The van der Waals surface area contributed by atoms with Gasteiger partial charge in [-0.3, -0.25) is 23.5 Å². The van der Waals surface area contributed by atoms with E-state index in [1.54, 1.807) is 18.2 Å². The molecule has 3 aromatic rings. The summed E-state index contributed by atoms with van der Waals surface area (Å²) in [5.41, 5.74) is -0.855. The van der Waals surface area contributed by atoms with Gasteiger partial charge in [-0.15, -0.1) is 0 Å². The summed E-state index contributed by atoms with van der Waals surface area (Å²) in [6, 6.07) is 9.34. The van der Waals surface area contributed by atoms with Crippen molar-refractivity contribution in [1.29, 1.82) is 0 Å². The van der Waals surface area contributed by atoms with Crippen LogP contribution in [0.3, 0.4) is 0 Å². The minimum Gasteiger partial charge on any atom is -0.495 e. The van der Waals surface area contributed by atoms with Gasteiger partial charge in [0, 0.05) is 13.1 Å². The van der Waals surface area contributed by atoms with Crippen molar-refractivity contribution in [2.75, 3.05) is 26.6 Å². The summed E-state index contributed by atoms with van der Waals surface area (Å²) in [5.74, 6) is -0.415. The van der Waals surface area contributed by atoms with E-state index in [1.165, 1.54) is 39.5 Å². The molecule has 2 amide bonds. The minimum atomic E-state index is -0.785. The number of fused-ring (bicyclic) bond motifs is 1. The zero-order chi connectivity index (χ0) is 23.4. The van der Waals surface area contributed by atoms with E-state index in [1.807, 2.05) is 0 Å². The second kappa shape index (κ2) is 9.56. The zero-order valence-electron chi connectivity index (χ0n) is 17.6. The Kier molecular flexibility index (Phi) is 6.84. The minimum absolute atomic E-state index is 0.203. The quantitative estimate of drug-likeness (QED) is 0.547. The molecule has 1 heterocycles. The number of nitrogens with one attached hydrogen (secondary N) is 2. The van der Waals surface area contributed by atoms with Crippen LogP contribution in [-0.4, -0.2) is 42.2 Å². The average molecular weight is 461 g/mol. The third kappa shape index (κ3) is 4.45. The van der Waals surface area contributed by atoms with Crippen LogP contribution in [0, 0.1) is 0 Å². The molecule has 168 valence electrons. The molecule has 10 nitrogen and oxygen atoms in total. The van der Waals surface area contributed by atoms with Crippen molar-refractivity contribution in [3.8, 4) is 11.5 Å². The number of ether oxygens (including phenoxy) is 2. The number of likely N-dealkylation sites (N-methyl/N-ethyl adjacent to an activating group) is 1. The van der Waals surface area contributed by atoms with Crippen LogP contribution in [0.2, 0.25) is 5.02 Å². The molecule has 0 radical (unpaired) electrons. The third-order valence-corrected chi connectivity index (χ3v) is 5.06. The Morgan fingerprint density at radius 2 is 1.62 bits per heavy atom. The Balaban J connectivity index is 2.03. The summed E-state index contributed by atoms with van der Waals surface area (Å²) >= 11 is 6.14. The van der Waals surface area contributed by atoms with Crippen molar-refractivity contribution < 1.29 is 19.1 Å². The maximum atomic E-state index is 13.0. The van der Waals surface area contributed by atoms with E-state index >= 15 is 0 Å². The van der Waals surface area contributed by atoms with Crippen molar-refractivity contribution in [1.82, 2.24) is 14.5 Å². The summed E-state index contributed by atoms with van der Waals surface area (Å²) in [6.07, 6.45) is 0. The van der Waals surface area contributed by atoms with Gasteiger partial charge in [-0.2, -0.15) is 0 Å². The van der Waals surface area contributed by atoms with Gasteiger partial charge < -0.3 is 20.1 Å². The van der Waals surface area contributed by atoms with Crippen LogP contribution in [0.1, 0.15) is 0 Å². The Morgan fingerprint density at radius 1 is 0.969 bits per heavy atom. The molecule has 0 spiro atoms. The van der Waals surface area contributed by atoms with Gasteiger partial charge in [0.25, 0.3) is 5.56 Å². The summed E-state index contributed by atoms with van der Waals surface area (Å²) in [4.78, 5) is 50.4. The van der Waals surface area contributed by atoms with Crippen LogP contribution in [0.15, 0.2) is 46.0 Å². The van der Waals surface area contributed by atoms with Crippen LogP contribution < -0.4 is 31.4 Å². The number of nitrogens with zero attached hydrogens (tertiary/aromatic N) is 2. The SMILES string of the molecule is CNC(=O)Cn1c(=O)c2ccccc2n(CC(=O)Nc2cc(Cl)c(OC)cc2OC)c1=O. The fourth-order valence-electron chi connectivity index (χ4n) is 3.18. The van der Waals surface area contributed by atoms with Crippen molar-refractivity contribution in [2.24, 2.45) is 0 Å². The van der Waals surface area contributed by atoms with Gasteiger partial charge in [0.2, 0.25) is 11.8 Å². The van der Waals surface area contributed by atoms with Crippen LogP contribution in [0.25, 0.3) is 10.9 Å². The van der Waals surface area contributed by atoms with Gasteiger partial charge >= 0.3 is 5.69 Å². The lowest BCUT2D eigenvalue weighted by atomic mass is 10.2. The fourth-order valence-corrected chi connectivity index (χ4v) is 3.42. The molecule has 0 fully saturated rings. The van der Waals surface area contributed by atoms with Crippen LogP contribution in [-0.2, 0) is 22.7 Å². The van der Waals surface area contributed by atoms with Crippen molar-refractivity contribution in [2.45, 2.75) is 13.1 Å². The first-order chi connectivity index (χ1) is 15.3. The lowest BCUT2D eigenvalue weighted by Gasteiger charge is -2.15. The third-order valence-electron chi connectivity index (χ3n) is 4.76. The molecule has 11 heteroatoms. The number of benzene rings is 2. The number of halogens is 1. The molecular formula is C21H21ClN4O6. The van der Waals surface area contributed by atoms with Crippen LogP contribution in [0.5, 0.6) is 11.5 Å². The maximum absolute atomic E-state index is 13.0. The second-order valence-corrected chi connectivity index (χ2v) is 7.09. The molecule has 1 aromatic heterocycles. The van der Waals surface area contributed by atoms with Crippen molar-refractivity contribution >= 4 is 40.0 Å². The van der Waals surface area contributed by atoms with Gasteiger partial charge in [-0.05, 0) is 18.2 Å². The number of carbonyl (C=O) groups is 2. The van der Waals surface area contributed by atoms with E-state index < -0.39 is 36.2 Å². The molecule has 2 aromatic carbocycles. The largest absolute Gasteiger partial charge is 0.495 e. The van der Waals surface area contributed by atoms with Gasteiger partial charge in [0.15, 0.2) is 0 Å². The maximum Gasteiger partial charge on any atom is 0.332 e. The molecule has 0 unspecified atom stereocenters. The second-order valence-electron chi connectivity index (χ2n) is 6.69. The standard InChI is InChI=1S/C21H21ClN4O6/c1-23-18(27)10-26-20(29)12-6-4-5-7-15(12)25(21(26)30)11-19(28)24-14-8-13(22)16(31-2)9-17(14)32-3/h4-9H,10-11H2,1-3H3,(H,23,27)(H,24,28). The normalized spacial score (nSPS) is 10.6. The van der Waals surface area contributed by atoms with Crippen LogP contribution >= 0.6 is 11.6 Å². The molecule has 3 rings (SSSR count). The number of amides is 2. The van der Waals surface area contributed by atoms with E-state index in [0.29, 0.717) is 11.5 Å². The highest BCUT2D eigenvalue weighted by molar-refractivity contribution is 6.32. The van der Waals surface area contributed by atoms with Gasteiger partial charge in [0.05, 0.1) is 35.8 Å². The van der Waals surface area contributed by atoms with E-state index in [0.717, 1.165) is 9.13 Å². The smallest absolute Gasteiger partial charge is 0.332 e. The average Bonchev–Trinajstić information content (AvgIpc) is 2.79. The first-order valence-corrected chi connectivity index (χ1v) is 9.82. The molecule has 2 N–H and O–H groups in total. The zero-order valence-corrected chi connectivity index (χ0v) is 18.4. The van der Waals surface area contributed by atoms with Crippen molar-refractivity contribution in [3.05, 3.63) is 62.3 Å². The highest BCUT2D eigenvalue weighted by Gasteiger charge is 2.18. The molecule has 0 aliphatic rings. The van der Waals surface area contributed by atoms with E-state index in [2.05, 4.69) is 10.6 Å². The number of aromatic nitrogens is 2. The predicted molar refractivity (Wildman–Crippen MR) is 120 cm³/mol. The topological polar surface area (TPSA) is 121 Å². The first-order valence-electron chi connectivity index (χ1n) is 9.45. The molecule has 0 aliphatic carbocycles. The van der Waals surface area contributed by atoms with Gasteiger partial charge in [-0.25, -0.2) is 4.79 Å². The molecular weight excluding hydrogens is 440 g/mol. The van der Waals surface area contributed by atoms with Crippen molar-refractivity contribution in [3.63, 3.8) is 0 Å².